The van der Waals surface area contributed by atoms with Gasteiger partial charge in [0.05, 0.1) is 6.17 Å². The summed E-state index contributed by atoms with van der Waals surface area (Å²) in [7, 11) is 2.01. The predicted molar refractivity (Wildman–Crippen MR) is 58.7 cm³/mol. The van der Waals surface area contributed by atoms with Crippen molar-refractivity contribution in [3.63, 3.8) is 0 Å². The van der Waals surface area contributed by atoms with E-state index in [0.717, 1.165) is 0 Å². The van der Waals surface area contributed by atoms with Gasteiger partial charge in [-0.3, -0.25) is 5.32 Å². The maximum Gasteiger partial charge on any atom is 0.0579 e. The van der Waals surface area contributed by atoms with Gasteiger partial charge in [-0.25, -0.2) is 0 Å². The number of hydrogen-bond acceptors (Lipinski definition) is 3. The maximum absolute atomic E-state index is 3.50. The van der Waals surface area contributed by atoms with E-state index >= 15 is 0 Å². The Bertz CT molecular complexity index is 98.5. The summed E-state index contributed by atoms with van der Waals surface area (Å²) in [6.07, 6.45) is 1.77. The van der Waals surface area contributed by atoms with Crippen molar-refractivity contribution in [3.05, 3.63) is 0 Å². The van der Waals surface area contributed by atoms with Crippen LogP contribution in [-0.4, -0.2) is 30.8 Å². The second kappa shape index (κ2) is 7.90. The first-order valence-corrected chi connectivity index (χ1v) is 5.99. The van der Waals surface area contributed by atoms with E-state index in [4.69, 9.17) is 0 Å². The molecule has 1 fully saturated rings. The molecule has 1 heterocycles. The molecule has 0 bridgehead atoms. The first-order valence-electron chi connectivity index (χ1n) is 4.84. The minimum atomic E-state index is 0.532. The Hall–Kier alpha value is 0.270. The van der Waals surface area contributed by atoms with Gasteiger partial charge in [0.15, 0.2) is 0 Å². The average molecular weight is 190 g/mol. The molecular weight excluding hydrogens is 168 g/mol. The Morgan fingerprint density at radius 2 is 2.08 bits per heavy atom. The Morgan fingerprint density at radius 3 is 2.67 bits per heavy atom. The molecule has 0 aromatic heterocycles. The van der Waals surface area contributed by atoms with Gasteiger partial charge in [0.1, 0.15) is 0 Å². The van der Waals surface area contributed by atoms with Crippen LogP contribution in [0.4, 0.5) is 0 Å². The van der Waals surface area contributed by atoms with Crippen molar-refractivity contribution >= 4 is 11.8 Å². The lowest BCUT2D eigenvalue weighted by atomic mass is 10.3. The molecule has 74 valence electrons. The fraction of sp³-hybridized carbons (Fsp3) is 1.00. The van der Waals surface area contributed by atoms with Gasteiger partial charge in [-0.05, 0) is 26.1 Å². The summed E-state index contributed by atoms with van der Waals surface area (Å²) in [6.45, 7) is 6.24. The predicted octanol–water partition coefficient (Wildman–Crippen LogP) is 1.67. The average Bonchev–Trinajstić information content (AvgIpc) is 2.33. The quantitative estimate of drug-likeness (QED) is 0.658. The zero-order valence-electron chi connectivity index (χ0n) is 8.68. The van der Waals surface area contributed by atoms with Crippen LogP contribution in [0, 0.1) is 0 Å². The van der Waals surface area contributed by atoms with E-state index in [1.54, 1.807) is 0 Å². The summed E-state index contributed by atoms with van der Waals surface area (Å²) < 4.78 is 0. The van der Waals surface area contributed by atoms with Crippen molar-refractivity contribution < 1.29 is 0 Å². The minimum Gasteiger partial charge on any atom is -0.305 e. The van der Waals surface area contributed by atoms with Crippen molar-refractivity contribution in [2.45, 2.75) is 39.4 Å². The number of nitrogens with one attached hydrogen (secondary N) is 2. The molecule has 0 amide bonds. The monoisotopic (exact) mass is 190 g/mol. The van der Waals surface area contributed by atoms with Crippen LogP contribution in [0.5, 0.6) is 0 Å². The SMILES string of the molecule is CC.CNC1CCSCC(C)N1. The van der Waals surface area contributed by atoms with E-state index in [-0.39, 0.29) is 0 Å². The van der Waals surface area contributed by atoms with Gasteiger partial charge in [0, 0.05) is 11.8 Å². The molecule has 1 aliphatic rings. The van der Waals surface area contributed by atoms with Crippen LogP contribution in [0.15, 0.2) is 0 Å². The van der Waals surface area contributed by atoms with Gasteiger partial charge >= 0.3 is 0 Å². The maximum atomic E-state index is 3.50. The molecule has 1 aliphatic heterocycles. The third-order valence-corrected chi connectivity index (χ3v) is 3.01. The van der Waals surface area contributed by atoms with Crippen molar-refractivity contribution in [3.8, 4) is 0 Å². The molecule has 0 saturated carbocycles. The normalized spacial score (nSPS) is 30.0. The van der Waals surface area contributed by atoms with Crippen LogP contribution in [0.3, 0.4) is 0 Å². The third kappa shape index (κ3) is 5.01. The third-order valence-electron chi connectivity index (χ3n) is 1.75. The van der Waals surface area contributed by atoms with Gasteiger partial charge in [0.25, 0.3) is 0 Å². The number of hydrogen-bond donors (Lipinski definition) is 2. The molecule has 2 nitrogen and oxygen atoms in total. The van der Waals surface area contributed by atoms with Gasteiger partial charge in [0.2, 0.25) is 0 Å². The summed E-state index contributed by atoms with van der Waals surface area (Å²) >= 11 is 2.04. The second-order valence-electron chi connectivity index (χ2n) is 2.77. The van der Waals surface area contributed by atoms with Crippen LogP contribution in [0.25, 0.3) is 0 Å². The van der Waals surface area contributed by atoms with E-state index in [9.17, 15) is 0 Å². The first-order chi connectivity index (χ1) is 5.83. The van der Waals surface area contributed by atoms with Crippen molar-refractivity contribution in [2.24, 2.45) is 0 Å². The van der Waals surface area contributed by atoms with Gasteiger partial charge in [-0.1, -0.05) is 13.8 Å². The molecule has 2 unspecified atom stereocenters. The van der Waals surface area contributed by atoms with Crippen LogP contribution >= 0.6 is 11.8 Å². The second-order valence-corrected chi connectivity index (χ2v) is 3.92. The minimum absolute atomic E-state index is 0.532. The van der Waals surface area contributed by atoms with Crippen molar-refractivity contribution in [1.29, 1.82) is 0 Å². The zero-order chi connectivity index (χ0) is 9.40. The molecule has 0 spiro atoms. The van der Waals surface area contributed by atoms with Crippen LogP contribution < -0.4 is 10.6 Å². The molecule has 1 saturated heterocycles. The van der Waals surface area contributed by atoms with E-state index in [2.05, 4.69) is 17.6 Å². The van der Waals surface area contributed by atoms with Crippen LogP contribution in [-0.2, 0) is 0 Å². The van der Waals surface area contributed by atoms with Gasteiger partial charge in [-0.2, -0.15) is 11.8 Å². The molecule has 2 N–H and O–H groups in total. The molecule has 0 aromatic carbocycles. The Labute approximate surface area is 80.9 Å². The highest BCUT2D eigenvalue weighted by Gasteiger charge is 2.13. The lowest BCUT2D eigenvalue weighted by Gasteiger charge is -2.17. The summed E-state index contributed by atoms with van der Waals surface area (Å²) in [5.41, 5.74) is 0. The highest BCUT2D eigenvalue weighted by molar-refractivity contribution is 7.99. The van der Waals surface area contributed by atoms with Crippen molar-refractivity contribution in [2.75, 3.05) is 18.6 Å². The lowest BCUT2D eigenvalue weighted by molar-refractivity contribution is 0.418. The number of thioether (sulfide) groups is 1. The summed E-state index contributed by atoms with van der Waals surface area (Å²) in [6, 6.07) is 0.657. The molecule has 12 heavy (non-hydrogen) atoms. The Morgan fingerprint density at radius 1 is 1.42 bits per heavy atom. The standard InChI is InChI=1S/C7H16N2S.C2H6/c1-6-5-10-4-3-7(8-2)9-6;1-2/h6-9H,3-5H2,1-2H3;1-2H3. The van der Waals surface area contributed by atoms with Crippen molar-refractivity contribution in [1.82, 2.24) is 10.6 Å². The van der Waals surface area contributed by atoms with Gasteiger partial charge in [-0.15, -0.1) is 0 Å². The Balaban J connectivity index is 0.000000561. The highest BCUT2D eigenvalue weighted by Crippen LogP contribution is 2.10. The molecule has 0 aliphatic carbocycles. The fourth-order valence-corrected chi connectivity index (χ4v) is 2.18. The first kappa shape index (κ1) is 12.3. The topological polar surface area (TPSA) is 24.1 Å². The van der Waals surface area contributed by atoms with E-state index < -0.39 is 0 Å². The summed E-state index contributed by atoms with van der Waals surface area (Å²) in [4.78, 5) is 0. The zero-order valence-corrected chi connectivity index (χ0v) is 9.50. The van der Waals surface area contributed by atoms with Gasteiger partial charge < -0.3 is 5.32 Å². The van der Waals surface area contributed by atoms with E-state index in [0.29, 0.717) is 12.2 Å². The molecular formula is C9H22N2S. The van der Waals surface area contributed by atoms with Crippen LogP contribution in [0.1, 0.15) is 27.2 Å². The smallest absolute Gasteiger partial charge is 0.0579 e. The van der Waals surface area contributed by atoms with E-state index in [1.807, 2.05) is 32.7 Å². The largest absolute Gasteiger partial charge is 0.305 e. The molecule has 1 rings (SSSR count). The van der Waals surface area contributed by atoms with Crippen LogP contribution in [0.2, 0.25) is 0 Å². The molecule has 0 radical (unpaired) electrons. The summed E-state index contributed by atoms with van der Waals surface area (Å²) in [5.74, 6) is 2.53. The lowest BCUT2D eigenvalue weighted by Crippen LogP contribution is -2.44. The summed E-state index contributed by atoms with van der Waals surface area (Å²) in [5, 5.41) is 6.75. The highest BCUT2D eigenvalue weighted by atomic mass is 32.2. The molecule has 2 atom stereocenters. The fourth-order valence-electron chi connectivity index (χ4n) is 1.16. The van der Waals surface area contributed by atoms with E-state index in [1.165, 1.54) is 17.9 Å². The molecule has 0 aromatic rings. The Kier molecular flexibility index (Phi) is 8.07. The molecule has 3 heteroatoms. The number of rotatable bonds is 1.